The molecule has 0 saturated heterocycles. The van der Waals surface area contributed by atoms with Crippen molar-refractivity contribution in [3.8, 4) is 34.5 Å². The topological polar surface area (TPSA) is 82.6 Å². The maximum Gasteiger partial charge on any atom is 0.251 e. The minimum atomic E-state index is -0.329. The van der Waals surface area contributed by atoms with E-state index in [0.29, 0.717) is 59.8 Å². The molecule has 0 atom stereocenters. The van der Waals surface area contributed by atoms with Gasteiger partial charge in [0.05, 0.1) is 13.2 Å². The Balaban J connectivity index is 1.37. The van der Waals surface area contributed by atoms with Crippen molar-refractivity contribution in [2.24, 2.45) is 0 Å². The molecular formula is C28H26FN3O4. The minimum absolute atomic E-state index is 0.214. The first kappa shape index (κ1) is 24.7. The van der Waals surface area contributed by atoms with Crippen molar-refractivity contribution in [1.82, 2.24) is 15.3 Å². The summed E-state index contributed by atoms with van der Waals surface area (Å²) in [5.74, 6) is 2.06. The Hall–Kier alpha value is -4.46. The number of aromatic nitrogens is 2. The number of nitrogens with one attached hydrogen (secondary N) is 1. The van der Waals surface area contributed by atoms with E-state index in [9.17, 15) is 9.18 Å². The Kier molecular flexibility index (Phi) is 8.08. The van der Waals surface area contributed by atoms with Gasteiger partial charge in [0.1, 0.15) is 11.6 Å². The van der Waals surface area contributed by atoms with Crippen LogP contribution in [-0.4, -0.2) is 29.1 Å². The maximum absolute atomic E-state index is 13.2. The highest BCUT2D eigenvalue weighted by atomic mass is 19.1. The monoisotopic (exact) mass is 487 g/mol. The van der Waals surface area contributed by atoms with E-state index in [0.717, 1.165) is 5.56 Å². The molecule has 0 unspecified atom stereocenters. The van der Waals surface area contributed by atoms with Gasteiger partial charge in [-0.2, -0.15) is 4.98 Å². The van der Waals surface area contributed by atoms with Crippen molar-refractivity contribution in [2.45, 2.75) is 20.4 Å². The summed E-state index contributed by atoms with van der Waals surface area (Å²) >= 11 is 0. The van der Waals surface area contributed by atoms with Crippen LogP contribution in [0.3, 0.4) is 0 Å². The van der Waals surface area contributed by atoms with E-state index in [-0.39, 0.29) is 11.7 Å². The average molecular weight is 488 g/mol. The summed E-state index contributed by atoms with van der Waals surface area (Å²) in [6.07, 6.45) is 1.57. The van der Waals surface area contributed by atoms with E-state index in [1.165, 1.54) is 12.1 Å². The Bertz CT molecular complexity index is 1310. The van der Waals surface area contributed by atoms with Crippen LogP contribution < -0.4 is 19.5 Å². The fourth-order valence-corrected chi connectivity index (χ4v) is 3.42. The van der Waals surface area contributed by atoms with Gasteiger partial charge in [-0.3, -0.25) is 4.79 Å². The Labute approximate surface area is 208 Å². The molecule has 0 aliphatic rings. The van der Waals surface area contributed by atoms with Gasteiger partial charge in [0.25, 0.3) is 5.91 Å². The normalized spacial score (nSPS) is 10.5. The zero-order valence-corrected chi connectivity index (χ0v) is 20.0. The first-order chi connectivity index (χ1) is 17.6. The molecule has 1 amide bonds. The molecule has 0 fully saturated rings. The standard InChI is InChI=1S/C28H26FN3O4/c1-3-34-24-14-5-19(17-25(24)35-4-2)18-31-28(33)21-8-12-23(13-9-21)36-26-15-16-30-27(32-26)20-6-10-22(29)11-7-20/h5-17H,3-4,18H2,1-2H3,(H,31,33). The molecular weight excluding hydrogens is 461 g/mol. The van der Waals surface area contributed by atoms with Crippen LogP contribution in [0.2, 0.25) is 0 Å². The first-order valence-corrected chi connectivity index (χ1v) is 11.6. The van der Waals surface area contributed by atoms with Crippen molar-refractivity contribution in [3.05, 3.63) is 95.9 Å². The smallest absolute Gasteiger partial charge is 0.251 e. The maximum atomic E-state index is 13.2. The first-order valence-electron chi connectivity index (χ1n) is 11.6. The Morgan fingerprint density at radius 1 is 0.889 bits per heavy atom. The van der Waals surface area contributed by atoms with Crippen LogP contribution >= 0.6 is 0 Å². The number of halogens is 1. The highest BCUT2D eigenvalue weighted by Crippen LogP contribution is 2.28. The number of hydrogen-bond acceptors (Lipinski definition) is 6. The molecule has 4 aromatic rings. The zero-order valence-electron chi connectivity index (χ0n) is 20.0. The van der Waals surface area contributed by atoms with E-state index >= 15 is 0 Å². The molecule has 0 aliphatic heterocycles. The van der Waals surface area contributed by atoms with E-state index in [2.05, 4.69) is 15.3 Å². The number of nitrogens with zero attached hydrogens (tertiary/aromatic N) is 2. The van der Waals surface area contributed by atoms with Gasteiger partial charge in [-0.05, 0) is 80.1 Å². The van der Waals surface area contributed by atoms with Gasteiger partial charge < -0.3 is 19.5 Å². The summed E-state index contributed by atoms with van der Waals surface area (Å²) in [5, 5.41) is 2.91. The molecule has 4 rings (SSSR count). The minimum Gasteiger partial charge on any atom is -0.490 e. The summed E-state index contributed by atoms with van der Waals surface area (Å²) in [6, 6.07) is 19.9. The predicted octanol–water partition coefficient (Wildman–Crippen LogP) is 5.80. The van der Waals surface area contributed by atoms with Gasteiger partial charge in [0.15, 0.2) is 17.3 Å². The van der Waals surface area contributed by atoms with Crippen molar-refractivity contribution < 1.29 is 23.4 Å². The second-order valence-electron chi connectivity index (χ2n) is 7.68. The number of ether oxygens (including phenoxy) is 3. The zero-order chi connectivity index (χ0) is 25.3. The molecule has 36 heavy (non-hydrogen) atoms. The fraction of sp³-hybridized carbons (Fsp3) is 0.179. The third-order valence-electron chi connectivity index (χ3n) is 5.13. The van der Waals surface area contributed by atoms with Gasteiger partial charge >= 0.3 is 0 Å². The molecule has 0 aliphatic carbocycles. The van der Waals surface area contributed by atoms with E-state index in [1.54, 1.807) is 48.7 Å². The van der Waals surface area contributed by atoms with Gasteiger partial charge in [0, 0.05) is 29.9 Å². The van der Waals surface area contributed by atoms with Crippen LogP contribution in [0, 0.1) is 5.82 Å². The van der Waals surface area contributed by atoms with Crippen molar-refractivity contribution in [3.63, 3.8) is 0 Å². The largest absolute Gasteiger partial charge is 0.490 e. The fourth-order valence-electron chi connectivity index (χ4n) is 3.42. The Morgan fingerprint density at radius 2 is 1.61 bits per heavy atom. The second kappa shape index (κ2) is 11.8. The number of carbonyl (C=O) groups excluding carboxylic acids is 1. The van der Waals surface area contributed by atoms with Gasteiger partial charge in [-0.1, -0.05) is 6.07 Å². The Morgan fingerprint density at radius 3 is 2.33 bits per heavy atom. The van der Waals surface area contributed by atoms with Crippen LogP contribution in [-0.2, 0) is 6.54 Å². The molecule has 0 radical (unpaired) electrons. The van der Waals surface area contributed by atoms with Crippen molar-refractivity contribution in [1.29, 1.82) is 0 Å². The summed E-state index contributed by atoms with van der Waals surface area (Å²) in [7, 11) is 0. The molecule has 0 bridgehead atoms. The lowest BCUT2D eigenvalue weighted by molar-refractivity contribution is 0.0951. The number of hydrogen-bond donors (Lipinski definition) is 1. The van der Waals surface area contributed by atoms with Gasteiger partial charge in [0.2, 0.25) is 5.88 Å². The van der Waals surface area contributed by atoms with Crippen LogP contribution in [0.15, 0.2) is 79.0 Å². The number of rotatable bonds is 10. The van der Waals surface area contributed by atoms with Crippen LogP contribution in [0.5, 0.6) is 23.1 Å². The highest BCUT2D eigenvalue weighted by molar-refractivity contribution is 5.94. The van der Waals surface area contributed by atoms with Gasteiger partial charge in [-0.15, -0.1) is 0 Å². The molecule has 184 valence electrons. The van der Waals surface area contributed by atoms with E-state index in [4.69, 9.17) is 14.2 Å². The van der Waals surface area contributed by atoms with Crippen molar-refractivity contribution >= 4 is 5.91 Å². The number of carbonyl (C=O) groups is 1. The summed E-state index contributed by atoms with van der Waals surface area (Å²) in [6.45, 7) is 5.23. The molecule has 1 heterocycles. The number of benzene rings is 3. The lowest BCUT2D eigenvalue weighted by atomic mass is 10.1. The summed E-state index contributed by atoms with van der Waals surface area (Å²) < 4.78 is 30.2. The van der Waals surface area contributed by atoms with Gasteiger partial charge in [-0.25, -0.2) is 9.37 Å². The predicted molar refractivity (Wildman–Crippen MR) is 134 cm³/mol. The third-order valence-corrected chi connectivity index (χ3v) is 5.13. The summed E-state index contributed by atoms with van der Waals surface area (Å²) in [4.78, 5) is 21.2. The second-order valence-corrected chi connectivity index (χ2v) is 7.68. The molecule has 1 N–H and O–H groups in total. The average Bonchev–Trinajstić information content (AvgIpc) is 2.90. The molecule has 3 aromatic carbocycles. The van der Waals surface area contributed by atoms with Crippen LogP contribution in [0.25, 0.3) is 11.4 Å². The third kappa shape index (κ3) is 6.35. The molecule has 0 saturated carbocycles. The van der Waals surface area contributed by atoms with Crippen LogP contribution in [0.1, 0.15) is 29.8 Å². The molecule has 1 aromatic heterocycles. The molecule has 0 spiro atoms. The van der Waals surface area contributed by atoms with E-state index in [1.807, 2.05) is 32.0 Å². The lowest BCUT2D eigenvalue weighted by Crippen LogP contribution is -2.22. The van der Waals surface area contributed by atoms with Crippen LogP contribution in [0.4, 0.5) is 4.39 Å². The molecule has 8 heteroatoms. The SMILES string of the molecule is CCOc1ccc(CNC(=O)c2ccc(Oc3ccnc(-c4ccc(F)cc4)n3)cc2)cc1OCC. The van der Waals surface area contributed by atoms with E-state index < -0.39 is 0 Å². The van der Waals surface area contributed by atoms with Crippen molar-refractivity contribution in [2.75, 3.05) is 13.2 Å². The highest BCUT2D eigenvalue weighted by Gasteiger charge is 2.10. The lowest BCUT2D eigenvalue weighted by Gasteiger charge is -2.13. The number of amides is 1. The quantitative estimate of drug-likeness (QED) is 0.304. The summed E-state index contributed by atoms with van der Waals surface area (Å²) in [5.41, 5.74) is 2.07. The molecule has 7 nitrogen and oxygen atoms in total.